The highest BCUT2D eigenvalue weighted by molar-refractivity contribution is 7.81. The number of amides is 2. The Balaban J connectivity index is 1.27. The summed E-state index contributed by atoms with van der Waals surface area (Å²) in [5.41, 5.74) is 4.85. The van der Waals surface area contributed by atoms with Crippen molar-refractivity contribution in [3.05, 3.63) is 87.5 Å². The first-order valence-corrected chi connectivity index (χ1v) is 13.0. The maximum Gasteiger partial charge on any atom is 0.256 e. The Labute approximate surface area is 222 Å². The van der Waals surface area contributed by atoms with Crippen molar-refractivity contribution in [2.75, 3.05) is 38.5 Å². The molecule has 2 heterocycles. The number of piperazine rings is 1. The van der Waals surface area contributed by atoms with Crippen LogP contribution in [0.1, 0.15) is 33.5 Å². The lowest BCUT2D eigenvalue weighted by atomic mass is 10.0. The van der Waals surface area contributed by atoms with Gasteiger partial charge in [-0.1, -0.05) is 60.2 Å². The molecule has 6 nitrogen and oxygen atoms in total. The Morgan fingerprint density at radius 2 is 1.78 bits per heavy atom. The standard InChI is InChI=1S/C28H29ClN4O2S/c1-31-10-12-32(13-11-31)16-19-4-2-5-20(14-19)17-33-18-24-22(28(33)35)6-3-7-25(24)30-27(34)23-15-21(29)8-9-26(23)36/h2-8,14-15H,9-13,16-18H2,1H3,(H,30,34). The van der Waals surface area contributed by atoms with Gasteiger partial charge in [-0.2, -0.15) is 0 Å². The molecule has 2 aliphatic heterocycles. The molecule has 1 aliphatic carbocycles. The predicted molar refractivity (Wildman–Crippen MR) is 147 cm³/mol. The van der Waals surface area contributed by atoms with E-state index in [1.165, 1.54) is 5.56 Å². The zero-order chi connectivity index (χ0) is 25.2. The van der Waals surface area contributed by atoms with Crippen LogP contribution in [0, 0.1) is 0 Å². The van der Waals surface area contributed by atoms with Crippen molar-refractivity contribution in [1.82, 2.24) is 14.7 Å². The summed E-state index contributed by atoms with van der Waals surface area (Å²) < 4.78 is 0. The topological polar surface area (TPSA) is 55.9 Å². The van der Waals surface area contributed by atoms with Crippen molar-refractivity contribution < 1.29 is 9.59 Å². The molecule has 0 unspecified atom stereocenters. The van der Waals surface area contributed by atoms with Crippen molar-refractivity contribution in [3.8, 4) is 0 Å². The number of thiocarbonyl (C=S) groups is 1. The van der Waals surface area contributed by atoms with Crippen molar-refractivity contribution in [3.63, 3.8) is 0 Å². The van der Waals surface area contributed by atoms with Gasteiger partial charge in [0.15, 0.2) is 0 Å². The van der Waals surface area contributed by atoms with E-state index in [2.05, 4.69) is 46.4 Å². The molecule has 8 heteroatoms. The van der Waals surface area contributed by atoms with E-state index >= 15 is 0 Å². The first-order valence-electron chi connectivity index (χ1n) is 12.2. The molecule has 1 N–H and O–H groups in total. The minimum absolute atomic E-state index is 0.0241. The first-order chi connectivity index (χ1) is 17.4. The van der Waals surface area contributed by atoms with Gasteiger partial charge in [-0.15, -0.1) is 0 Å². The van der Waals surface area contributed by atoms with Crippen molar-refractivity contribution in [2.24, 2.45) is 0 Å². The molecule has 0 atom stereocenters. The average molecular weight is 521 g/mol. The lowest BCUT2D eigenvalue weighted by molar-refractivity contribution is -0.112. The molecule has 3 aliphatic rings. The number of allylic oxidation sites excluding steroid dienone is 3. The molecule has 5 rings (SSSR count). The lowest BCUT2D eigenvalue weighted by Crippen LogP contribution is -2.43. The van der Waals surface area contributed by atoms with Crippen molar-refractivity contribution in [2.45, 2.75) is 26.1 Å². The minimum Gasteiger partial charge on any atom is -0.330 e. The number of rotatable bonds is 6. The molecular weight excluding hydrogens is 492 g/mol. The number of nitrogens with zero attached hydrogens (tertiary/aromatic N) is 3. The number of hydrogen-bond acceptors (Lipinski definition) is 5. The molecule has 0 aromatic heterocycles. The molecule has 1 fully saturated rings. The summed E-state index contributed by atoms with van der Waals surface area (Å²) in [6.07, 6.45) is 3.86. The fourth-order valence-electron chi connectivity index (χ4n) is 4.91. The quantitative estimate of drug-likeness (QED) is 0.574. The molecule has 0 saturated carbocycles. The molecule has 36 heavy (non-hydrogen) atoms. The molecule has 0 radical (unpaired) electrons. The van der Waals surface area contributed by atoms with E-state index in [0.29, 0.717) is 46.2 Å². The Bertz CT molecular complexity index is 1280. The summed E-state index contributed by atoms with van der Waals surface area (Å²) >= 11 is 11.4. The fraction of sp³-hybridized carbons (Fsp3) is 0.321. The summed E-state index contributed by atoms with van der Waals surface area (Å²) in [5.74, 6) is -0.328. The van der Waals surface area contributed by atoms with E-state index in [4.69, 9.17) is 23.8 Å². The third kappa shape index (κ3) is 5.44. The Hall–Kier alpha value is -2.84. The summed E-state index contributed by atoms with van der Waals surface area (Å²) in [6.45, 7) is 6.20. The van der Waals surface area contributed by atoms with Gasteiger partial charge in [0.05, 0.1) is 5.57 Å². The second-order valence-electron chi connectivity index (χ2n) is 9.62. The monoisotopic (exact) mass is 520 g/mol. The Morgan fingerprint density at radius 3 is 2.56 bits per heavy atom. The summed E-state index contributed by atoms with van der Waals surface area (Å²) in [7, 11) is 2.16. The molecule has 2 aromatic rings. The van der Waals surface area contributed by atoms with Crippen LogP contribution in [0.4, 0.5) is 5.69 Å². The largest absolute Gasteiger partial charge is 0.330 e. The fourth-order valence-corrected chi connectivity index (χ4v) is 5.33. The van der Waals surface area contributed by atoms with Crippen LogP contribution >= 0.6 is 23.8 Å². The second-order valence-corrected chi connectivity index (χ2v) is 10.5. The molecule has 2 aromatic carbocycles. The number of carbonyl (C=O) groups excluding carboxylic acids is 2. The van der Waals surface area contributed by atoms with Gasteiger partial charge in [-0.3, -0.25) is 14.5 Å². The van der Waals surface area contributed by atoms with Crippen LogP contribution in [0.5, 0.6) is 0 Å². The highest BCUT2D eigenvalue weighted by atomic mass is 35.5. The van der Waals surface area contributed by atoms with E-state index in [1.807, 2.05) is 17.0 Å². The molecule has 0 bridgehead atoms. The highest BCUT2D eigenvalue weighted by Gasteiger charge is 2.30. The lowest BCUT2D eigenvalue weighted by Gasteiger charge is -2.32. The van der Waals surface area contributed by atoms with E-state index in [0.717, 1.165) is 43.9 Å². The number of benzene rings is 2. The number of hydrogen-bond donors (Lipinski definition) is 1. The minimum atomic E-state index is -0.304. The van der Waals surface area contributed by atoms with Crippen LogP contribution in [0.15, 0.2) is 65.2 Å². The average Bonchev–Trinajstić information content (AvgIpc) is 3.18. The van der Waals surface area contributed by atoms with Crippen LogP contribution in [0.3, 0.4) is 0 Å². The summed E-state index contributed by atoms with van der Waals surface area (Å²) in [4.78, 5) is 33.4. The first kappa shape index (κ1) is 24.8. The SMILES string of the molecule is CN1CCN(Cc2cccc(CN3Cc4c(NC(=O)C5=CC(Cl)=CCC5=S)cccc4C3=O)c2)CC1. The van der Waals surface area contributed by atoms with Gasteiger partial charge in [-0.05, 0) is 36.4 Å². The molecule has 186 valence electrons. The predicted octanol–water partition coefficient (Wildman–Crippen LogP) is 4.35. The number of halogens is 1. The zero-order valence-corrected chi connectivity index (χ0v) is 21.9. The van der Waals surface area contributed by atoms with E-state index in [-0.39, 0.29) is 11.8 Å². The van der Waals surface area contributed by atoms with Crippen LogP contribution in [-0.4, -0.2) is 64.6 Å². The maximum atomic E-state index is 13.2. The number of anilines is 1. The van der Waals surface area contributed by atoms with Gasteiger partial charge in [0, 0.05) is 78.9 Å². The maximum absolute atomic E-state index is 13.2. The van der Waals surface area contributed by atoms with Gasteiger partial charge in [0.2, 0.25) is 0 Å². The Morgan fingerprint density at radius 1 is 1.06 bits per heavy atom. The number of nitrogens with one attached hydrogen (secondary N) is 1. The third-order valence-electron chi connectivity index (χ3n) is 6.97. The van der Waals surface area contributed by atoms with Crippen molar-refractivity contribution in [1.29, 1.82) is 0 Å². The van der Waals surface area contributed by atoms with Gasteiger partial charge < -0.3 is 15.1 Å². The smallest absolute Gasteiger partial charge is 0.256 e. The van der Waals surface area contributed by atoms with Crippen molar-refractivity contribution >= 4 is 46.2 Å². The third-order valence-corrected chi connectivity index (χ3v) is 7.62. The molecular formula is C28H29ClN4O2S. The summed E-state index contributed by atoms with van der Waals surface area (Å²) in [5, 5.41) is 3.46. The second kappa shape index (κ2) is 10.6. The van der Waals surface area contributed by atoms with Crippen LogP contribution in [0.2, 0.25) is 0 Å². The molecule has 0 spiro atoms. The normalized spacial score (nSPS) is 18.7. The van der Waals surface area contributed by atoms with Crippen LogP contribution in [-0.2, 0) is 24.4 Å². The molecule has 1 saturated heterocycles. The zero-order valence-electron chi connectivity index (χ0n) is 20.3. The highest BCUT2D eigenvalue weighted by Crippen LogP contribution is 2.31. The number of carbonyl (C=O) groups is 2. The van der Waals surface area contributed by atoms with Crippen LogP contribution in [0.25, 0.3) is 0 Å². The van der Waals surface area contributed by atoms with Gasteiger partial charge >= 0.3 is 0 Å². The van der Waals surface area contributed by atoms with Crippen LogP contribution < -0.4 is 5.32 Å². The number of likely N-dealkylation sites (N-methyl/N-ethyl adjacent to an activating group) is 1. The summed E-state index contributed by atoms with van der Waals surface area (Å²) in [6, 6.07) is 13.9. The van der Waals surface area contributed by atoms with E-state index in [1.54, 1.807) is 18.2 Å². The Kier molecular flexibility index (Phi) is 7.34. The van der Waals surface area contributed by atoms with E-state index in [9.17, 15) is 9.59 Å². The van der Waals surface area contributed by atoms with Gasteiger partial charge in [0.25, 0.3) is 11.8 Å². The van der Waals surface area contributed by atoms with Gasteiger partial charge in [0.1, 0.15) is 0 Å². The number of fused-ring (bicyclic) bond motifs is 1. The molecule has 2 amide bonds. The van der Waals surface area contributed by atoms with Gasteiger partial charge in [-0.25, -0.2) is 0 Å². The van der Waals surface area contributed by atoms with E-state index < -0.39 is 0 Å².